The fraction of sp³-hybridized carbons (Fsp3) is 0.364. The zero-order valence-corrected chi connectivity index (χ0v) is 19.0. The van der Waals surface area contributed by atoms with Crippen LogP contribution in [0.1, 0.15) is 24.7 Å². The molecule has 0 spiro atoms. The van der Waals surface area contributed by atoms with E-state index < -0.39 is 10.0 Å². The van der Waals surface area contributed by atoms with E-state index in [0.717, 1.165) is 6.42 Å². The topological polar surface area (TPSA) is 113 Å². The Balaban J connectivity index is 1.36. The molecule has 3 heterocycles. The highest BCUT2D eigenvalue weighted by Crippen LogP contribution is 2.37. The Hall–Kier alpha value is -3.31. The molecule has 5 rings (SSSR count). The lowest BCUT2D eigenvalue weighted by Crippen LogP contribution is -2.39. The second-order valence-electron chi connectivity index (χ2n) is 7.73. The molecule has 0 bridgehead atoms. The number of methoxy groups -OCH3 is 2. The van der Waals surface area contributed by atoms with Gasteiger partial charge in [-0.1, -0.05) is 0 Å². The van der Waals surface area contributed by atoms with Crippen molar-refractivity contribution in [1.29, 1.82) is 0 Å². The number of ether oxygens (including phenoxy) is 4. The van der Waals surface area contributed by atoms with E-state index >= 15 is 0 Å². The summed E-state index contributed by atoms with van der Waals surface area (Å²) in [6.07, 6.45) is 1.43. The zero-order chi connectivity index (χ0) is 23.0. The van der Waals surface area contributed by atoms with Gasteiger partial charge in [0.15, 0.2) is 23.0 Å². The molecule has 0 saturated carbocycles. The van der Waals surface area contributed by atoms with Crippen LogP contribution in [0.15, 0.2) is 45.7 Å². The molecule has 2 aliphatic heterocycles. The molecule has 2 aromatic carbocycles. The third-order valence-electron chi connectivity index (χ3n) is 5.79. The van der Waals surface area contributed by atoms with Crippen LogP contribution in [0, 0.1) is 0 Å². The van der Waals surface area contributed by atoms with Crippen molar-refractivity contribution in [3.63, 3.8) is 0 Å². The summed E-state index contributed by atoms with van der Waals surface area (Å²) in [4.78, 5) is 0.146. The van der Waals surface area contributed by atoms with Gasteiger partial charge in [-0.3, -0.25) is 0 Å². The second-order valence-corrected chi connectivity index (χ2v) is 9.67. The predicted molar refractivity (Wildman–Crippen MR) is 116 cm³/mol. The second kappa shape index (κ2) is 8.56. The average molecular weight is 474 g/mol. The summed E-state index contributed by atoms with van der Waals surface area (Å²) in [5, 5.41) is 8.37. The van der Waals surface area contributed by atoms with Crippen molar-refractivity contribution in [2.45, 2.75) is 23.7 Å². The van der Waals surface area contributed by atoms with Gasteiger partial charge in [0, 0.05) is 24.7 Å². The summed E-state index contributed by atoms with van der Waals surface area (Å²) >= 11 is 0. The zero-order valence-electron chi connectivity index (χ0n) is 18.2. The van der Waals surface area contributed by atoms with Crippen molar-refractivity contribution in [3.05, 3.63) is 42.3 Å². The molecule has 33 heavy (non-hydrogen) atoms. The molecule has 0 radical (unpaired) electrons. The molecule has 10 nitrogen and oxygen atoms in total. The number of rotatable bonds is 6. The first-order valence-electron chi connectivity index (χ1n) is 10.4. The van der Waals surface area contributed by atoms with E-state index in [1.165, 1.54) is 30.7 Å². The largest absolute Gasteiger partial charge is 0.493 e. The van der Waals surface area contributed by atoms with Crippen LogP contribution in [0.4, 0.5) is 0 Å². The molecule has 1 unspecified atom stereocenters. The standard InChI is InChI=1S/C22H23N3O7S/c1-28-17-8-6-16(11-19(17)29-2)33(26,27)25-9-3-4-15(12-25)22-24-23-21(32-22)14-5-7-18-20(10-14)31-13-30-18/h5-8,10-11,15H,3-4,9,12-13H2,1-2H3. The smallest absolute Gasteiger partial charge is 0.247 e. The molecule has 0 aliphatic carbocycles. The van der Waals surface area contributed by atoms with E-state index in [1.807, 2.05) is 6.07 Å². The lowest BCUT2D eigenvalue weighted by Gasteiger charge is -2.30. The molecule has 1 saturated heterocycles. The SMILES string of the molecule is COc1ccc(S(=O)(=O)N2CCCC(c3nnc(-c4ccc5c(c4)OCO5)o3)C2)cc1OC. The summed E-state index contributed by atoms with van der Waals surface area (Å²) in [6.45, 7) is 0.843. The van der Waals surface area contributed by atoms with Gasteiger partial charge in [-0.05, 0) is 43.2 Å². The van der Waals surface area contributed by atoms with Crippen LogP contribution >= 0.6 is 0 Å². The van der Waals surface area contributed by atoms with Crippen molar-refractivity contribution < 1.29 is 31.8 Å². The van der Waals surface area contributed by atoms with Crippen LogP contribution in [0.3, 0.4) is 0 Å². The van der Waals surface area contributed by atoms with Crippen LogP contribution in [-0.4, -0.2) is 57.0 Å². The van der Waals surface area contributed by atoms with Gasteiger partial charge in [-0.15, -0.1) is 10.2 Å². The van der Waals surface area contributed by atoms with E-state index in [-0.39, 0.29) is 24.2 Å². The fourth-order valence-corrected chi connectivity index (χ4v) is 5.57. The summed E-state index contributed by atoms with van der Waals surface area (Å²) in [6, 6.07) is 9.98. The number of hydrogen-bond acceptors (Lipinski definition) is 9. The lowest BCUT2D eigenvalue weighted by atomic mass is 10.00. The normalized spacial score (nSPS) is 18.3. The number of sulfonamides is 1. The van der Waals surface area contributed by atoms with Crippen molar-refractivity contribution in [3.8, 4) is 34.5 Å². The van der Waals surface area contributed by atoms with Gasteiger partial charge < -0.3 is 23.4 Å². The lowest BCUT2D eigenvalue weighted by molar-refractivity contribution is 0.174. The van der Waals surface area contributed by atoms with Crippen LogP contribution in [-0.2, 0) is 10.0 Å². The predicted octanol–water partition coefficient (Wildman–Crippen LogP) is 3.05. The quantitative estimate of drug-likeness (QED) is 0.533. The Labute approximate surface area is 191 Å². The highest BCUT2D eigenvalue weighted by Gasteiger charge is 2.34. The number of fused-ring (bicyclic) bond motifs is 1. The Morgan fingerprint density at radius 1 is 1.00 bits per heavy atom. The van der Waals surface area contributed by atoms with E-state index in [1.54, 1.807) is 18.2 Å². The number of benzene rings is 2. The minimum Gasteiger partial charge on any atom is -0.493 e. The maximum Gasteiger partial charge on any atom is 0.247 e. The minimum absolute atomic E-state index is 0.146. The van der Waals surface area contributed by atoms with Gasteiger partial charge in [0.25, 0.3) is 0 Å². The van der Waals surface area contributed by atoms with Crippen molar-refractivity contribution >= 4 is 10.0 Å². The summed E-state index contributed by atoms with van der Waals surface area (Å²) in [7, 11) is -0.761. The van der Waals surface area contributed by atoms with E-state index in [2.05, 4.69) is 10.2 Å². The van der Waals surface area contributed by atoms with Gasteiger partial charge in [-0.25, -0.2) is 8.42 Å². The minimum atomic E-state index is -3.74. The van der Waals surface area contributed by atoms with E-state index in [9.17, 15) is 8.42 Å². The molecular weight excluding hydrogens is 450 g/mol. The Kier molecular flexibility index (Phi) is 5.59. The first-order chi connectivity index (χ1) is 16.0. The Bertz CT molecular complexity index is 1270. The molecule has 174 valence electrons. The summed E-state index contributed by atoms with van der Waals surface area (Å²) in [5.41, 5.74) is 0.712. The van der Waals surface area contributed by atoms with Crippen LogP contribution in [0.2, 0.25) is 0 Å². The van der Waals surface area contributed by atoms with Gasteiger partial charge in [0.1, 0.15) is 0 Å². The first kappa shape index (κ1) is 21.5. The molecule has 1 atom stereocenters. The molecule has 0 amide bonds. The molecule has 0 N–H and O–H groups in total. The van der Waals surface area contributed by atoms with Gasteiger partial charge in [0.2, 0.25) is 28.6 Å². The van der Waals surface area contributed by atoms with Crippen molar-refractivity contribution in [1.82, 2.24) is 14.5 Å². The molecule has 2 aliphatic rings. The van der Waals surface area contributed by atoms with Gasteiger partial charge in [0.05, 0.1) is 25.0 Å². The van der Waals surface area contributed by atoms with Gasteiger partial charge >= 0.3 is 0 Å². The van der Waals surface area contributed by atoms with Gasteiger partial charge in [-0.2, -0.15) is 4.31 Å². The number of hydrogen-bond donors (Lipinski definition) is 0. The highest BCUT2D eigenvalue weighted by atomic mass is 32.2. The monoisotopic (exact) mass is 473 g/mol. The Morgan fingerprint density at radius 2 is 1.82 bits per heavy atom. The van der Waals surface area contributed by atoms with Crippen LogP contribution in [0.5, 0.6) is 23.0 Å². The van der Waals surface area contributed by atoms with E-state index in [4.69, 9.17) is 23.4 Å². The van der Waals surface area contributed by atoms with Crippen molar-refractivity contribution in [2.24, 2.45) is 0 Å². The first-order valence-corrected chi connectivity index (χ1v) is 11.9. The maximum absolute atomic E-state index is 13.3. The number of piperidine rings is 1. The molecular formula is C22H23N3O7S. The third-order valence-corrected chi connectivity index (χ3v) is 7.65. The summed E-state index contributed by atoms with van der Waals surface area (Å²) < 4.78 is 55.2. The third kappa shape index (κ3) is 3.98. The molecule has 11 heteroatoms. The summed E-state index contributed by atoms with van der Waals surface area (Å²) in [5.74, 6) is 2.67. The fourth-order valence-electron chi connectivity index (χ4n) is 4.03. The van der Waals surface area contributed by atoms with Crippen LogP contribution < -0.4 is 18.9 Å². The van der Waals surface area contributed by atoms with Crippen LogP contribution in [0.25, 0.3) is 11.5 Å². The highest BCUT2D eigenvalue weighted by molar-refractivity contribution is 7.89. The van der Waals surface area contributed by atoms with Crippen molar-refractivity contribution in [2.75, 3.05) is 34.1 Å². The molecule has 1 fully saturated rings. The number of nitrogens with zero attached hydrogens (tertiary/aromatic N) is 3. The average Bonchev–Trinajstić information content (AvgIpc) is 3.53. The number of aromatic nitrogens is 2. The molecule has 3 aromatic rings. The Morgan fingerprint density at radius 3 is 2.64 bits per heavy atom. The van der Waals surface area contributed by atoms with E-state index in [0.29, 0.717) is 53.3 Å². The molecule has 1 aromatic heterocycles. The maximum atomic E-state index is 13.3.